The SMILES string of the molecule is CC(C)(n1ccnn1)C(O)(Cn1ccnn1)c1ccc(F)cc1. The second-order valence-corrected chi connectivity index (χ2v) is 5.87. The lowest BCUT2D eigenvalue weighted by Gasteiger charge is -2.42. The Kier molecular flexibility index (Phi) is 3.69. The number of nitrogens with zero attached hydrogens (tertiary/aromatic N) is 6. The van der Waals surface area contributed by atoms with Gasteiger partial charge >= 0.3 is 0 Å². The summed E-state index contributed by atoms with van der Waals surface area (Å²) in [6.07, 6.45) is 6.41. The molecule has 1 N–H and O–H groups in total. The molecule has 0 saturated carbocycles. The Bertz CT molecular complexity index is 754. The first-order valence-corrected chi connectivity index (χ1v) is 7.13. The average molecular weight is 316 g/mol. The third-order valence-electron chi connectivity index (χ3n) is 4.19. The van der Waals surface area contributed by atoms with Gasteiger partial charge in [-0.1, -0.05) is 22.6 Å². The first-order valence-electron chi connectivity index (χ1n) is 7.13. The molecule has 0 fully saturated rings. The summed E-state index contributed by atoms with van der Waals surface area (Å²) in [6.45, 7) is 3.80. The maximum atomic E-state index is 13.3. The lowest BCUT2D eigenvalue weighted by atomic mass is 9.77. The number of aromatic nitrogens is 6. The van der Waals surface area contributed by atoms with Crippen LogP contribution >= 0.6 is 0 Å². The molecule has 0 radical (unpaired) electrons. The zero-order valence-corrected chi connectivity index (χ0v) is 12.8. The molecule has 120 valence electrons. The fourth-order valence-electron chi connectivity index (χ4n) is 2.61. The molecule has 3 aromatic rings. The average Bonchev–Trinajstić information content (AvgIpc) is 3.21. The molecule has 8 heteroatoms. The molecule has 0 aliphatic heterocycles. The van der Waals surface area contributed by atoms with Gasteiger partial charge in [0.05, 0.1) is 24.5 Å². The highest BCUT2D eigenvalue weighted by atomic mass is 19.1. The Hall–Kier alpha value is -2.61. The highest BCUT2D eigenvalue weighted by Gasteiger charge is 2.47. The summed E-state index contributed by atoms with van der Waals surface area (Å²) < 4.78 is 16.4. The maximum absolute atomic E-state index is 13.3. The Morgan fingerprint density at radius 2 is 1.70 bits per heavy atom. The number of hydrogen-bond donors (Lipinski definition) is 1. The van der Waals surface area contributed by atoms with Gasteiger partial charge in [-0.15, -0.1) is 10.2 Å². The topological polar surface area (TPSA) is 81.6 Å². The normalized spacial score (nSPS) is 14.6. The Morgan fingerprint density at radius 1 is 1.04 bits per heavy atom. The van der Waals surface area contributed by atoms with E-state index in [1.54, 1.807) is 35.4 Å². The molecule has 0 aliphatic rings. The molecule has 0 aliphatic carbocycles. The van der Waals surface area contributed by atoms with Gasteiger partial charge in [-0.05, 0) is 31.5 Å². The molecule has 0 amide bonds. The minimum absolute atomic E-state index is 0.130. The maximum Gasteiger partial charge on any atom is 0.134 e. The minimum atomic E-state index is -1.41. The Labute approximate surface area is 132 Å². The van der Waals surface area contributed by atoms with Gasteiger partial charge in [0.2, 0.25) is 0 Å². The van der Waals surface area contributed by atoms with E-state index < -0.39 is 11.1 Å². The fraction of sp³-hybridized carbons (Fsp3) is 0.333. The van der Waals surface area contributed by atoms with Crippen LogP contribution in [0.15, 0.2) is 49.1 Å². The number of rotatable bonds is 5. The van der Waals surface area contributed by atoms with Crippen LogP contribution in [0.1, 0.15) is 19.4 Å². The monoisotopic (exact) mass is 316 g/mol. The number of benzene rings is 1. The van der Waals surface area contributed by atoms with Crippen LogP contribution in [0.3, 0.4) is 0 Å². The van der Waals surface area contributed by atoms with Gasteiger partial charge < -0.3 is 5.11 Å². The van der Waals surface area contributed by atoms with Gasteiger partial charge in [0, 0.05) is 12.4 Å². The van der Waals surface area contributed by atoms with Crippen molar-refractivity contribution in [1.82, 2.24) is 30.0 Å². The van der Waals surface area contributed by atoms with Crippen LogP contribution in [-0.4, -0.2) is 35.1 Å². The van der Waals surface area contributed by atoms with E-state index in [-0.39, 0.29) is 12.4 Å². The molecule has 0 saturated heterocycles. The molecule has 3 rings (SSSR count). The van der Waals surface area contributed by atoms with Crippen molar-refractivity contribution in [3.63, 3.8) is 0 Å². The summed E-state index contributed by atoms with van der Waals surface area (Å²) in [7, 11) is 0. The molecule has 0 spiro atoms. The molecule has 23 heavy (non-hydrogen) atoms. The standard InChI is InChI=1S/C15H17FN6O/c1-14(2,22-10-8-18-20-22)15(23,11-21-9-7-17-19-21)12-3-5-13(16)6-4-12/h3-10,23H,11H2,1-2H3. The molecular weight excluding hydrogens is 299 g/mol. The van der Waals surface area contributed by atoms with Crippen LogP contribution in [-0.2, 0) is 17.7 Å². The quantitative estimate of drug-likeness (QED) is 0.768. The van der Waals surface area contributed by atoms with Crippen molar-refractivity contribution < 1.29 is 9.50 Å². The van der Waals surface area contributed by atoms with E-state index in [2.05, 4.69) is 20.6 Å². The number of halogens is 1. The van der Waals surface area contributed by atoms with Crippen molar-refractivity contribution in [2.75, 3.05) is 0 Å². The summed E-state index contributed by atoms with van der Waals surface area (Å²) in [4.78, 5) is 0. The lowest BCUT2D eigenvalue weighted by molar-refractivity contribution is -0.0869. The van der Waals surface area contributed by atoms with Crippen LogP contribution in [0, 0.1) is 5.82 Å². The van der Waals surface area contributed by atoms with E-state index in [9.17, 15) is 9.50 Å². The fourth-order valence-corrected chi connectivity index (χ4v) is 2.61. The highest BCUT2D eigenvalue weighted by Crippen LogP contribution is 2.39. The van der Waals surface area contributed by atoms with Crippen molar-refractivity contribution >= 4 is 0 Å². The van der Waals surface area contributed by atoms with Gasteiger partial charge in [0.25, 0.3) is 0 Å². The van der Waals surface area contributed by atoms with Gasteiger partial charge in [-0.25, -0.2) is 13.8 Å². The zero-order chi connectivity index (χ0) is 16.5. The Morgan fingerprint density at radius 3 is 2.26 bits per heavy atom. The molecule has 1 unspecified atom stereocenters. The predicted molar refractivity (Wildman–Crippen MR) is 79.7 cm³/mol. The van der Waals surface area contributed by atoms with E-state index in [1.165, 1.54) is 23.0 Å². The first-order chi connectivity index (χ1) is 10.9. The molecular formula is C15H17FN6O. The van der Waals surface area contributed by atoms with Crippen LogP contribution in [0.2, 0.25) is 0 Å². The third-order valence-corrected chi connectivity index (χ3v) is 4.19. The second kappa shape index (κ2) is 5.54. The largest absolute Gasteiger partial charge is 0.381 e. The van der Waals surface area contributed by atoms with Gasteiger partial charge in [-0.2, -0.15) is 0 Å². The highest BCUT2D eigenvalue weighted by molar-refractivity contribution is 5.26. The summed E-state index contributed by atoms with van der Waals surface area (Å²) in [5.74, 6) is -0.365. The van der Waals surface area contributed by atoms with Crippen molar-refractivity contribution in [3.8, 4) is 0 Å². The zero-order valence-electron chi connectivity index (χ0n) is 12.8. The van der Waals surface area contributed by atoms with Crippen molar-refractivity contribution in [3.05, 3.63) is 60.4 Å². The van der Waals surface area contributed by atoms with Gasteiger partial charge in [0.1, 0.15) is 11.4 Å². The van der Waals surface area contributed by atoms with Crippen LogP contribution in [0.4, 0.5) is 4.39 Å². The summed E-state index contributed by atoms with van der Waals surface area (Å²) in [5.41, 5.74) is -1.73. The Balaban J connectivity index is 2.11. The van der Waals surface area contributed by atoms with Gasteiger partial charge in [0.15, 0.2) is 0 Å². The van der Waals surface area contributed by atoms with E-state index in [4.69, 9.17) is 0 Å². The van der Waals surface area contributed by atoms with Crippen LogP contribution in [0.25, 0.3) is 0 Å². The summed E-state index contributed by atoms with van der Waals surface area (Å²) in [6, 6.07) is 5.76. The molecule has 0 bridgehead atoms. The van der Waals surface area contributed by atoms with E-state index in [0.717, 1.165) is 0 Å². The van der Waals surface area contributed by atoms with Gasteiger partial charge in [-0.3, -0.25) is 0 Å². The van der Waals surface area contributed by atoms with Crippen LogP contribution in [0.5, 0.6) is 0 Å². The smallest absolute Gasteiger partial charge is 0.134 e. The van der Waals surface area contributed by atoms with Crippen molar-refractivity contribution in [2.45, 2.75) is 31.5 Å². The van der Waals surface area contributed by atoms with Crippen molar-refractivity contribution in [1.29, 1.82) is 0 Å². The summed E-state index contributed by atoms with van der Waals surface area (Å²) >= 11 is 0. The van der Waals surface area contributed by atoms with Crippen molar-refractivity contribution in [2.24, 2.45) is 0 Å². The van der Waals surface area contributed by atoms with E-state index >= 15 is 0 Å². The third kappa shape index (κ3) is 2.61. The van der Waals surface area contributed by atoms with Crippen LogP contribution < -0.4 is 0 Å². The predicted octanol–water partition coefficient (Wildman–Crippen LogP) is 1.33. The van der Waals surface area contributed by atoms with E-state index in [1.807, 2.05) is 13.8 Å². The molecule has 1 aromatic carbocycles. The van der Waals surface area contributed by atoms with E-state index in [0.29, 0.717) is 5.56 Å². The number of hydrogen-bond acceptors (Lipinski definition) is 5. The first kappa shape index (κ1) is 15.3. The number of aliphatic hydroxyl groups is 1. The minimum Gasteiger partial charge on any atom is -0.381 e. The molecule has 2 heterocycles. The molecule has 1 atom stereocenters. The second-order valence-electron chi connectivity index (χ2n) is 5.87. The summed E-state index contributed by atoms with van der Waals surface area (Å²) in [5, 5.41) is 27.1. The molecule has 7 nitrogen and oxygen atoms in total. The lowest BCUT2D eigenvalue weighted by Crippen LogP contribution is -2.52. The molecule has 2 aromatic heterocycles.